The highest BCUT2D eigenvalue weighted by Crippen LogP contribution is 2.33. The Morgan fingerprint density at radius 2 is 1.67 bits per heavy atom. The summed E-state index contributed by atoms with van der Waals surface area (Å²) >= 11 is 1.48. The zero-order valence-electron chi connectivity index (χ0n) is 18.3. The molecule has 0 radical (unpaired) electrons. The average molecular weight is 455 g/mol. The van der Waals surface area contributed by atoms with Crippen LogP contribution in [-0.4, -0.2) is 25.1 Å². The van der Waals surface area contributed by atoms with Gasteiger partial charge in [-0.25, -0.2) is 4.98 Å². The second-order valence-electron chi connectivity index (χ2n) is 7.14. The maximum Gasteiger partial charge on any atom is 0.230 e. The number of thiazole rings is 1. The fourth-order valence-electron chi connectivity index (χ4n) is 3.20. The van der Waals surface area contributed by atoms with Crippen molar-refractivity contribution in [3.05, 3.63) is 95.0 Å². The van der Waals surface area contributed by atoms with E-state index in [1.54, 1.807) is 14.2 Å². The molecule has 1 aromatic heterocycles. The summed E-state index contributed by atoms with van der Waals surface area (Å²) in [7, 11) is 3.20. The molecule has 0 bridgehead atoms. The molecule has 33 heavy (non-hydrogen) atoms. The highest BCUT2D eigenvalue weighted by atomic mass is 32.1. The van der Waals surface area contributed by atoms with E-state index in [1.165, 1.54) is 11.3 Å². The zero-order chi connectivity index (χ0) is 23.0. The van der Waals surface area contributed by atoms with Crippen molar-refractivity contribution in [2.45, 2.75) is 6.42 Å². The number of nitrogens with zero attached hydrogens (tertiary/aromatic N) is 1. The summed E-state index contributed by atoms with van der Waals surface area (Å²) in [5, 5.41) is 5.65. The molecule has 164 valence electrons. The van der Waals surface area contributed by atoms with Crippen LogP contribution in [0.3, 0.4) is 0 Å². The summed E-state index contributed by atoms with van der Waals surface area (Å²) in [5.74, 6) is 7.43. The number of carbonyl (C=O) groups is 1. The van der Waals surface area contributed by atoms with Crippen molar-refractivity contribution in [2.75, 3.05) is 19.5 Å². The minimum atomic E-state index is -0.132. The Balaban J connectivity index is 1.41. The van der Waals surface area contributed by atoms with E-state index in [0.717, 1.165) is 21.7 Å². The summed E-state index contributed by atoms with van der Waals surface area (Å²) in [4.78, 5) is 17.2. The van der Waals surface area contributed by atoms with Crippen molar-refractivity contribution in [1.82, 2.24) is 4.98 Å². The third-order valence-electron chi connectivity index (χ3n) is 4.80. The van der Waals surface area contributed by atoms with Gasteiger partial charge in [-0.1, -0.05) is 36.1 Å². The predicted molar refractivity (Wildman–Crippen MR) is 132 cm³/mol. The Labute approximate surface area is 197 Å². The maximum absolute atomic E-state index is 12.6. The molecule has 0 aliphatic carbocycles. The molecule has 0 aliphatic heterocycles. The Morgan fingerprint density at radius 3 is 2.45 bits per heavy atom. The number of amides is 1. The van der Waals surface area contributed by atoms with Gasteiger partial charge in [-0.2, -0.15) is 0 Å². The first-order chi connectivity index (χ1) is 16.1. The smallest absolute Gasteiger partial charge is 0.230 e. The van der Waals surface area contributed by atoms with E-state index >= 15 is 0 Å². The van der Waals surface area contributed by atoms with Gasteiger partial charge in [0, 0.05) is 27.8 Å². The molecule has 0 atom stereocenters. The van der Waals surface area contributed by atoms with Crippen LogP contribution in [0.1, 0.15) is 16.8 Å². The topological polar surface area (TPSA) is 60.5 Å². The number of hydrogen-bond acceptors (Lipinski definition) is 5. The Hall–Kier alpha value is -4.08. The summed E-state index contributed by atoms with van der Waals surface area (Å²) < 4.78 is 10.7. The lowest BCUT2D eigenvalue weighted by Crippen LogP contribution is -2.14. The molecule has 0 fully saturated rings. The molecule has 4 aromatic rings. The number of aromatic nitrogens is 1. The molecular weight excluding hydrogens is 432 g/mol. The monoisotopic (exact) mass is 454 g/mol. The van der Waals surface area contributed by atoms with Gasteiger partial charge in [0.25, 0.3) is 0 Å². The molecule has 0 saturated carbocycles. The number of nitrogens with one attached hydrogen (secondary N) is 1. The number of rotatable bonds is 6. The lowest BCUT2D eigenvalue weighted by atomic mass is 10.1. The third kappa shape index (κ3) is 5.79. The molecule has 1 heterocycles. The van der Waals surface area contributed by atoms with Crippen molar-refractivity contribution in [2.24, 2.45) is 0 Å². The summed E-state index contributed by atoms with van der Waals surface area (Å²) in [6.45, 7) is 0. The second-order valence-corrected chi connectivity index (χ2v) is 7.99. The fourth-order valence-corrected chi connectivity index (χ4v) is 4.02. The molecule has 4 rings (SSSR count). The molecular formula is C27H22N2O3S. The first kappa shape index (κ1) is 22.1. The molecule has 3 aromatic carbocycles. The summed E-state index contributed by atoms with van der Waals surface area (Å²) in [6.07, 6.45) is 0.184. The number of benzene rings is 3. The van der Waals surface area contributed by atoms with E-state index in [0.29, 0.717) is 22.9 Å². The van der Waals surface area contributed by atoms with Gasteiger partial charge in [0.1, 0.15) is 5.01 Å². The number of hydrogen-bond donors (Lipinski definition) is 1. The Bertz CT molecular complexity index is 1320. The van der Waals surface area contributed by atoms with Crippen LogP contribution in [-0.2, 0) is 11.2 Å². The van der Waals surface area contributed by atoms with Gasteiger partial charge in [0.15, 0.2) is 11.5 Å². The summed E-state index contributed by atoms with van der Waals surface area (Å²) in [5.41, 5.74) is 4.10. The third-order valence-corrected chi connectivity index (χ3v) is 5.74. The van der Waals surface area contributed by atoms with Gasteiger partial charge in [-0.15, -0.1) is 11.3 Å². The van der Waals surface area contributed by atoms with E-state index in [4.69, 9.17) is 9.47 Å². The van der Waals surface area contributed by atoms with Crippen LogP contribution < -0.4 is 14.8 Å². The normalized spacial score (nSPS) is 10.1. The van der Waals surface area contributed by atoms with Crippen molar-refractivity contribution < 1.29 is 14.3 Å². The predicted octanol–water partition coefficient (Wildman–Crippen LogP) is 5.41. The molecule has 0 unspecified atom stereocenters. The van der Waals surface area contributed by atoms with Gasteiger partial charge in [0.05, 0.1) is 26.3 Å². The lowest BCUT2D eigenvalue weighted by Gasteiger charge is -2.08. The summed E-state index contributed by atoms with van der Waals surface area (Å²) in [6, 6.07) is 22.9. The van der Waals surface area contributed by atoms with Gasteiger partial charge in [0.2, 0.25) is 5.91 Å². The number of anilines is 1. The highest BCUT2D eigenvalue weighted by molar-refractivity contribution is 7.13. The zero-order valence-corrected chi connectivity index (χ0v) is 19.1. The Kier molecular flexibility index (Phi) is 7.03. The van der Waals surface area contributed by atoms with Crippen LogP contribution in [0.2, 0.25) is 0 Å². The van der Waals surface area contributed by atoms with Crippen LogP contribution >= 0.6 is 11.3 Å². The largest absolute Gasteiger partial charge is 0.493 e. The van der Waals surface area contributed by atoms with E-state index in [2.05, 4.69) is 22.1 Å². The molecule has 0 saturated heterocycles. The van der Waals surface area contributed by atoms with Crippen LogP contribution in [0.15, 0.2) is 78.2 Å². The Morgan fingerprint density at radius 1 is 0.909 bits per heavy atom. The quantitative estimate of drug-likeness (QED) is 0.396. The number of carbonyl (C=O) groups excluding carboxylic acids is 1. The van der Waals surface area contributed by atoms with Gasteiger partial charge >= 0.3 is 0 Å². The van der Waals surface area contributed by atoms with Gasteiger partial charge < -0.3 is 14.8 Å². The average Bonchev–Trinajstić information content (AvgIpc) is 3.31. The second kappa shape index (κ2) is 10.5. The van der Waals surface area contributed by atoms with Crippen LogP contribution in [0, 0.1) is 11.8 Å². The first-order valence-electron chi connectivity index (χ1n) is 10.3. The van der Waals surface area contributed by atoms with Crippen molar-refractivity contribution in [3.63, 3.8) is 0 Å². The molecule has 1 N–H and O–H groups in total. The SMILES string of the molecule is COc1ccc(-c2nc(CC(=O)Nc3cccc(C#Cc4ccccc4)c3)cs2)cc1OC. The van der Waals surface area contributed by atoms with Gasteiger partial charge in [-0.05, 0) is 48.5 Å². The number of ether oxygens (including phenoxy) is 2. The highest BCUT2D eigenvalue weighted by Gasteiger charge is 2.12. The molecule has 5 nitrogen and oxygen atoms in total. The molecule has 1 amide bonds. The van der Waals surface area contributed by atoms with Gasteiger partial charge in [-0.3, -0.25) is 4.79 Å². The van der Waals surface area contributed by atoms with Crippen LogP contribution in [0.5, 0.6) is 11.5 Å². The molecule has 0 aliphatic rings. The minimum absolute atomic E-state index is 0.132. The van der Waals surface area contributed by atoms with E-state index in [-0.39, 0.29) is 12.3 Å². The van der Waals surface area contributed by atoms with Crippen molar-refractivity contribution >= 4 is 22.9 Å². The van der Waals surface area contributed by atoms with Crippen molar-refractivity contribution in [1.29, 1.82) is 0 Å². The molecule has 0 spiro atoms. The lowest BCUT2D eigenvalue weighted by molar-refractivity contribution is -0.115. The maximum atomic E-state index is 12.6. The minimum Gasteiger partial charge on any atom is -0.493 e. The first-order valence-corrected chi connectivity index (χ1v) is 11.2. The van der Waals surface area contributed by atoms with E-state index in [1.807, 2.05) is 78.2 Å². The standard InChI is InChI=1S/C27H22N2O3S/c1-31-24-14-13-21(16-25(24)32-2)27-29-23(18-33-27)17-26(30)28-22-10-6-9-20(15-22)12-11-19-7-4-3-5-8-19/h3-10,13-16,18H,17H2,1-2H3,(H,28,30). The fraction of sp³-hybridized carbons (Fsp3) is 0.111. The number of methoxy groups -OCH3 is 2. The van der Waals surface area contributed by atoms with E-state index < -0.39 is 0 Å². The van der Waals surface area contributed by atoms with Crippen LogP contribution in [0.25, 0.3) is 10.6 Å². The molecule has 6 heteroatoms. The van der Waals surface area contributed by atoms with Crippen LogP contribution in [0.4, 0.5) is 5.69 Å². The van der Waals surface area contributed by atoms with E-state index in [9.17, 15) is 4.79 Å². The van der Waals surface area contributed by atoms with Crippen molar-refractivity contribution in [3.8, 4) is 33.9 Å².